The molecule has 1 aromatic carbocycles. The lowest BCUT2D eigenvalue weighted by molar-refractivity contribution is -0.137. The summed E-state index contributed by atoms with van der Waals surface area (Å²) in [5.74, 6) is -0.218. The Labute approximate surface area is 145 Å². The Kier molecular flexibility index (Phi) is 6.45. The number of carbonyl (C=O) groups is 2. The molecule has 0 aliphatic heterocycles. The first-order chi connectivity index (χ1) is 12.0. The van der Waals surface area contributed by atoms with Gasteiger partial charge in [0.2, 0.25) is 5.91 Å². The molecule has 1 amide bonds. The second-order valence-electron chi connectivity index (χ2n) is 5.46. The zero-order valence-electron chi connectivity index (χ0n) is 14.2. The SMILES string of the molecule is COc1ccc(C(CC(=O)O)NC(=O)CCc2ccoc2)c(OC)c1. The van der Waals surface area contributed by atoms with Crippen LogP contribution in [0.1, 0.15) is 30.0 Å². The molecule has 0 fully saturated rings. The van der Waals surface area contributed by atoms with E-state index in [0.717, 1.165) is 5.56 Å². The van der Waals surface area contributed by atoms with Gasteiger partial charge in [-0.1, -0.05) is 0 Å². The van der Waals surface area contributed by atoms with Crippen LogP contribution in [0.15, 0.2) is 41.2 Å². The summed E-state index contributed by atoms with van der Waals surface area (Å²) in [4.78, 5) is 23.4. The maximum absolute atomic E-state index is 12.2. The molecular formula is C18H21NO6. The minimum absolute atomic E-state index is 0.230. The highest BCUT2D eigenvalue weighted by Crippen LogP contribution is 2.31. The molecule has 0 radical (unpaired) electrons. The topological polar surface area (TPSA) is 98.0 Å². The quantitative estimate of drug-likeness (QED) is 0.723. The van der Waals surface area contributed by atoms with E-state index >= 15 is 0 Å². The number of benzene rings is 1. The smallest absolute Gasteiger partial charge is 0.305 e. The van der Waals surface area contributed by atoms with Crippen molar-refractivity contribution in [1.29, 1.82) is 0 Å². The number of methoxy groups -OCH3 is 2. The van der Waals surface area contributed by atoms with Crippen molar-refractivity contribution in [3.8, 4) is 11.5 Å². The third-order valence-corrected chi connectivity index (χ3v) is 3.75. The van der Waals surface area contributed by atoms with Crippen molar-refractivity contribution in [2.75, 3.05) is 14.2 Å². The highest BCUT2D eigenvalue weighted by atomic mass is 16.5. The first-order valence-corrected chi connectivity index (χ1v) is 7.77. The minimum atomic E-state index is -1.02. The number of furan rings is 1. The lowest BCUT2D eigenvalue weighted by Gasteiger charge is -2.20. The van der Waals surface area contributed by atoms with Crippen molar-refractivity contribution in [3.05, 3.63) is 47.9 Å². The Morgan fingerprint density at radius 3 is 2.64 bits per heavy atom. The largest absolute Gasteiger partial charge is 0.497 e. The summed E-state index contributed by atoms with van der Waals surface area (Å²) < 4.78 is 15.4. The second-order valence-corrected chi connectivity index (χ2v) is 5.46. The fourth-order valence-corrected chi connectivity index (χ4v) is 2.48. The first kappa shape index (κ1) is 18.4. The molecule has 2 N–H and O–H groups in total. The molecule has 2 aromatic rings. The van der Waals surface area contributed by atoms with Crippen LogP contribution in [-0.2, 0) is 16.0 Å². The maximum atomic E-state index is 12.2. The Balaban J connectivity index is 2.12. The van der Waals surface area contributed by atoms with E-state index in [1.165, 1.54) is 14.2 Å². The van der Waals surface area contributed by atoms with Gasteiger partial charge in [-0.15, -0.1) is 0 Å². The zero-order valence-corrected chi connectivity index (χ0v) is 14.2. The predicted octanol–water partition coefficient (Wildman–Crippen LogP) is 2.56. The van der Waals surface area contributed by atoms with Crippen molar-refractivity contribution < 1.29 is 28.6 Å². The maximum Gasteiger partial charge on any atom is 0.305 e. The van der Waals surface area contributed by atoms with Crippen LogP contribution in [0.4, 0.5) is 0 Å². The summed E-state index contributed by atoms with van der Waals surface area (Å²) in [6, 6.07) is 6.14. The third kappa shape index (κ3) is 5.27. The number of carboxylic acid groups (broad SMARTS) is 1. The molecule has 7 heteroatoms. The number of nitrogens with one attached hydrogen (secondary N) is 1. The number of aryl methyl sites for hydroxylation is 1. The van der Waals surface area contributed by atoms with Gasteiger partial charge in [-0.25, -0.2) is 0 Å². The van der Waals surface area contributed by atoms with Gasteiger partial charge in [0, 0.05) is 18.1 Å². The Hall–Kier alpha value is -2.96. The number of aliphatic carboxylic acids is 1. The van der Waals surface area contributed by atoms with Gasteiger partial charge in [0.05, 0.1) is 39.2 Å². The Morgan fingerprint density at radius 2 is 2.04 bits per heavy atom. The van der Waals surface area contributed by atoms with Crippen molar-refractivity contribution in [2.24, 2.45) is 0 Å². The third-order valence-electron chi connectivity index (χ3n) is 3.75. The average Bonchev–Trinajstić information content (AvgIpc) is 3.12. The van der Waals surface area contributed by atoms with Gasteiger partial charge >= 0.3 is 5.97 Å². The van der Waals surface area contributed by atoms with Crippen LogP contribution in [0.25, 0.3) is 0 Å². The summed E-state index contributed by atoms with van der Waals surface area (Å²) in [6.07, 6.45) is 3.62. The van der Waals surface area contributed by atoms with Crippen LogP contribution in [-0.4, -0.2) is 31.2 Å². The van der Waals surface area contributed by atoms with Crippen LogP contribution < -0.4 is 14.8 Å². The fourth-order valence-electron chi connectivity index (χ4n) is 2.48. The highest BCUT2D eigenvalue weighted by Gasteiger charge is 2.22. The van der Waals surface area contributed by atoms with E-state index in [4.69, 9.17) is 13.9 Å². The molecular weight excluding hydrogens is 326 g/mol. The van der Waals surface area contributed by atoms with Crippen LogP contribution >= 0.6 is 0 Å². The Bertz CT molecular complexity index is 710. The van der Waals surface area contributed by atoms with Gasteiger partial charge in [-0.05, 0) is 30.2 Å². The summed E-state index contributed by atoms with van der Waals surface area (Å²) in [5, 5.41) is 11.9. The minimum Gasteiger partial charge on any atom is -0.497 e. The van der Waals surface area contributed by atoms with Crippen molar-refractivity contribution in [2.45, 2.75) is 25.3 Å². The number of amides is 1. The van der Waals surface area contributed by atoms with Gasteiger partial charge in [0.25, 0.3) is 0 Å². The number of hydrogen-bond donors (Lipinski definition) is 2. The molecule has 1 atom stereocenters. The number of hydrogen-bond acceptors (Lipinski definition) is 5. The van der Waals surface area contributed by atoms with E-state index in [1.54, 1.807) is 36.8 Å². The standard InChI is InChI=1S/C18H21NO6/c1-23-13-4-5-14(16(9-13)24-2)15(10-18(21)22)19-17(20)6-3-12-7-8-25-11-12/h4-5,7-9,11,15H,3,6,10H2,1-2H3,(H,19,20)(H,21,22). The molecule has 2 rings (SSSR count). The van der Waals surface area contributed by atoms with Crippen molar-refractivity contribution in [3.63, 3.8) is 0 Å². The predicted molar refractivity (Wildman–Crippen MR) is 89.7 cm³/mol. The van der Waals surface area contributed by atoms with E-state index in [1.807, 2.05) is 0 Å². The lowest BCUT2D eigenvalue weighted by Crippen LogP contribution is -2.30. The first-order valence-electron chi connectivity index (χ1n) is 7.77. The summed E-state index contributed by atoms with van der Waals surface area (Å²) in [7, 11) is 3.01. The second kappa shape index (κ2) is 8.77. The molecule has 1 aromatic heterocycles. The molecule has 25 heavy (non-hydrogen) atoms. The van der Waals surface area contributed by atoms with E-state index in [2.05, 4.69) is 5.32 Å². The van der Waals surface area contributed by atoms with Crippen LogP contribution in [0.5, 0.6) is 11.5 Å². The molecule has 1 unspecified atom stereocenters. The molecule has 1 heterocycles. The highest BCUT2D eigenvalue weighted by molar-refractivity contribution is 5.78. The lowest BCUT2D eigenvalue weighted by atomic mass is 10.0. The summed E-state index contributed by atoms with van der Waals surface area (Å²) in [5.41, 5.74) is 1.49. The van der Waals surface area contributed by atoms with E-state index in [0.29, 0.717) is 23.5 Å². The fraction of sp³-hybridized carbons (Fsp3) is 0.333. The zero-order chi connectivity index (χ0) is 18.2. The van der Waals surface area contributed by atoms with Gasteiger partial charge in [0.15, 0.2) is 0 Å². The number of carbonyl (C=O) groups excluding carboxylic acids is 1. The summed E-state index contributed by atoms with van der Waals surface area (Å²) >= 11 is 0. The van der Waals surface area contributed by atoms with Gasteiger partial charge in [-0.3, -0.25) is 9.59 Å². The molecule has 7 nitrogen and oxygen atoms in total. The number of rotatable bonds is 9. The van der Waals surface area contributed by atoms with Gasteiger partial charge < -0.3 is 24.3 Å². The monoisotopic (exact) mass is 347 g/mol. The average molecular weight is 347 g/mol. The molecule has 0 saturated heterocycles. The normalized spacial score (nSPS) is 11.6. The van der Waals surface area contributed by atoms with Crippen LogP contribution in [0.3, 0.4) is 0 Å². The van der Waals surface area contributed by atoms with Crippen molar-refractivity contribution >= 4 is 11.9 Å². The molecule has 0 spiro atoms. The van der Waals surface area contributed by atoms with Crippen LogP contribution in [0, 0.1) is 0 Å². The molecule has 0 aliphatic carbocycles. The number of carboxylic acids is 1. The van der Waals surface area contributed by atoms with E-state index < -0.39 is 12.0 Å². The molecule has 134 valence electrons. The van der Waals surface area contributed by atoms with E-state index in [-0.39, 0.29) is 18.7 Å². The molecule has 0 aliphatic rings. The van der Waals surface area contributed by atoms with Gasteiger partial charge in [-0.2, -0.15) is 0 Å². The number of ether oxygens (including phenoxy) is 2. The van der Waals surface area contributed by atoms with E-state index in [9.17, 15) is 14.7 Å². The summed E-state index contributed by atoms with van der Waals surface area (Å²) in [6.45, 7) is 0. The molecule has 0 bridgehead atoms. The Morgan fingerprint density at radius 1 is 1.24 bits per heavy atom. The van der Waals surface area contributed by atoms with Crippen molar-refractivity contribution in [1.82, 2.24) is 5.32 Å². The molecule has 0 saturated carbocycles. The van der Waals surface area contributed by atoms with Crippen LogP contribution in [0.2, 0.25) is 0 Å². The van der Waals surface area contributed by atoms with Gasteiger partial charge in [0.1, 0.15) is 11.5 Å².